The molecule has 0 amide bonds. The summed E-state index contributed by atoms with van der Waals surface area (Å²) in [7, 11) is 0. The first kappa shape index (κ1) is 8.11. The number of nitrogens with two attached hydrogens (primary N) is 1. The van der Waals surface area contributed by atoms with Gasteiger partial charge in [-0.2, -0.15) is 0 Å². The largest absolute Gasteiger partial charge is 0.320 e. The molecule has 1 fully saturated rings. The highest BCUT2D eigenvalue weighted by Crippen LogP contribution is 2.37. The highest BCUT2D eigenvalue weighted by molar-refractivity contribution is 5.85. The van der Waals surface area contributed by atoms with Gasteiger partial charge in [0.1, 0.15) is 0 Å². The predicted octanol–water partition coefficient (Wildman–Crippen LogP) is 1.16. The Bertz CT molecular complexity index is 82.1. The van der Waals surface area contributed by atoms with E-state index in [9.17, 15) is 8.78 Å². The maximum absolute atomic E-state index is 11.5. The Hall–Kier alpha value is 0.110. The fourth-order valence-corrected chi connectivity index (χ4v) is 0.363. The van der Waals surface area contributed by atoms with Gasteiger partial charge in [0, 0.05) is 0 Å². The Kier molecular flexibility index (Phi) is 2.18. The van der Waals surface area contributed by atoms with Crippen molar-refractivity contribution in [3.05, 3.63) is 0 Å². The Morgan fingerprint density at radius 1 is 1.38 bits per heavy atom. The van der Waals surface area contributed by atoms with E-state index in [1.165, 1.54) is 0 Å². The summed E-state index contributed by atoms with van der Waals surface area (Å²) in [5, 5.41) is 0. The molecule has 0 aromatic carbocycles. The highest BCUT2D eigenvalue weighted by atomic mass is 35.5. The maximum Gasteiger partial charge on any atom is 0.256 e. The molecule has 1 rings (SSSR count). The third kappa shape index (κ3) is 1.29. The van der Waals surface area contributed by atoms with Crippen LogP contribution in [0.5, 0.6) is 0 Å². The first-order valence-electron chi connectivity index (χ1n) is 2.22. The van der Waals surface area contributed by atoms with E-state index in [1.54, 1.807) is 0 Å². The van der Waals surface area contributed by atoms with Gasteiger partial charge < -0.3 is 5.73 Å². The van der Waals surface area contributed by atoms with E-state index in [4.69, 9.17) is 5.73 Å². The van der Waals surface area contributed by atoms with Gasteiger partial charge in [-0.05, 0) is 12.8 Å². The van der Waals surface area contributed by atoms with E-state index in [0.717, 1.165) is 0 Å². The lowest BCUT2D eigenvalue weighted by molar-refractivity contribution is 0.105. The summed E-state index contributed by atoms with van der Waals surface area (Å²) in [6.07, 6.45) is -1.33. The second-order valence-corrected chi connectivity index (χ2v) is 2.03. The van der Waals surface area contributed by atoms with E-state index in [2.05, 4.69) is 0 Å². The minimum Gasteiger partial charge on any atom is -0.320 e. The van der Waals surface area contributed by atoms with E-state index in [0.29, 0.717) is 12.8 Å². The fourth-order valence-electron chi connectivity index (χ4n) is 0.363. The molecule has 4 heteroatoms. The molecule has 0 heterocycles. The molecule has 2 N–H and O–H groups in total. The average Bonchev–Trinajstić information content (AvgIpc) is 2.21. The van der Waals surface area contributed by atoms with Crippen LogP contribution in [0.4, 0.5) is 8.78 Å². The van der Waals surface area contributed by atoms with Crippen LogP contribution < -0.4 is 5.73 Å². The SMILES string of the molecule is Cl.NC1(C(F)F)CC1. The van der Waals surface area contributed by atoms with E-state index >= 15 is 0 Å². The molecule has 1 nitrogen and oxygen atoms in total. The smallest absolute Gasteiger partial charge is 0.256 e. The zero-order valence-electron chi connectivity index (χ0n) is 4.23. The number of hydrogen-bond donors (Lipinski definition) is 1. The van der Waals surface area contributed by atoms with Crippen LogP contribution in [0.1, 0.15) is 12.8 Å². The van der Waals surface area contributed by atoms with E-state index < -0.39 is 12.0 Å². The van der Waals surface area contributed by atoms with Gasteiger partial charge in [-0.3, -0.25) is 0 Å². The predicted molar refractivity (Wildman–Crippen MR) is 29.4 cm³/mol. The topological polar surface area (TPSA) is 26.0 Å². The second kappa shape index (κ2) is 2.15. The van der Waals surface area contributed by atoms with Crippen LogP contribution in [-0.2, 0) is 0 Å². The molecule has 0 atom stereocenters. The minimum absolute atomic E-state index is 0. The van der Waals surface area contributed by atoms with E-state index in [-0.39, 0.29) is 12.4 Å². The van der Waals surface area contributed by atoms with Crippen molar-refractivity contribution >= 4 is 12.4 Å². The zero-order chi connectivity index (χ0) is 5.49. The lowest BCUT2D eigenvalue weighted by Gasteiger charge is -2.02. The van der Waals surface area contributed by atoms with Crippen LogP contribution in [-0.4, -0.2) is 12.0 Å². The van der Waals surface area contributed by atoms with Gasteiger partial charge in [-0.1, -0.05) is 0 Å². The van der Waals surface area contributed by atoms with Crippen LogP contribution >= 0.6 is 12.4 Å². The van der Waals surface area contributed by atoms with Crippen LogP contribution in [0.3, 0.4) is 0 Å². The van der Waals surface area contributed by atoms with Crippen LogP contribution in [0, 0.1) is 0 Å². The van der Waals surface area contributed by atoms with Gasteiger partial charge in [0.25, 0.3) is 6.43 Å². The van der Waals surface area contributed by atoms with Gasteiger partial charge >= 0.3 is 0 Å². The molecular weight excluding hydrogens is 136 g/mol. The number of hydrogen-bond acceptors (Lipinski definition) is 1. The van der Waals surface area contributed by atoms with Gasteiger partial charge in [0.05, 0.1) is 5.54 Å². The molecule has 1 saturated carbocycles. The fraction of sp³-hybridized carbons (Fsp3) is 1.00. The summed E-state index contributed by atoms with van der Waals surface area (Å²) in [4.78, 5) is 0. The lowest BCUT2D eigenvalue weighted by atomic mass is 10.3. The molecule has 0 radical (unpaired) electrons. The van der Waals surface area contributed by atoms with Crippen molar-refractivity contribution in [1.29, 1.82) is 0 Å². The van der Waals surface area contributed by atoms with Crippen LogP contribution in [0.15, 0.2) is 0 Å². The van der Waals surface area contributed by atoms with Crippen molar-refractivity contribution in [2.45, 2.75) is 24.8 Å². The monoisotopic (exact) mass is 143 g/mol. The second-order valence-electron chi connectivity index (χ2n) is 2.03. The Balaban J connectivity index is 0.000000490. The molecule has 8 heavy (non-hydrogen) atoms. The van der Waals surface area contributed by atoms with Gasteiger partial charge in [0.2, 0.25) is 0 Å². The molecule has 0 saturated heterocycles. The molecule has 0 aromatic heterocycles. The Morgan fingerprint density at radius 3 is 1.75 bits per heavy atom. The molecule has 0 bridgehead atoms. The van der Waals surface area contributed by atoms with Crippen molar-refractivity contribution in [1.82, 2.24) is 0 Å². The number of alkyl halides is 2. The van der Waals surface area contributed by atoms with Gasteiger partial charge in [0.15, 0.2) is 0 Å². The molecule has 50 valence electrons. The molecule has 0 aromatic rings. The quantitative estimate of drug-likeness (QED) is 0.586. The van der Waals surface area contributed by atoms with Crippen molar-refractivity contribution in [2.75, 3.05) is 0 Å². The van der Waals surface area contributed by atoms with Crippen LogP contribution in [0.2, 0.25) is 0 Å². The van der Waals surface area contributed by atoms with Crippen molar-refractivity contribution in [3.63, 3.8) is 0 Å². The first-order chi connectivity index (χ1) is 3.15. The number of rotatable bonds is 1. The summed E-state index contributed by atoms with van der Waals surface area (Å²) < 4.78 is 23.0. The maximum atomic E-state index is 11.5. The molecular formula is C4H8ClF2N. The normalized spacial score (nSPS) is 22.5. The van der Waals surface area contributed by atoms with Crippen LogP contribution in [0.25, 0.3) is 0 Å². The highest BCUT2D eigenvalue weighted by Gasteiger charge is 2.47. The standard InChI is InChI=1S/C4H7F2N.ClH/c5-3(6)4(7)1-2-4;/h3H,1-2,7H2;1H. The third-order valence-electron chi connectivity index (χ3n) is 1.26. The minimum atomic E-state index is -2.31. The summed E-state index contributed by atoms with van der Waals surface area (Å²) in [5.41, 5.74) is 3.96. The molecule has 0 spiro atoms. The summed E-state index contributed by atoms with van der Waals surface area (Å²) in [5.74, 6) is 0. The molecule has 0 aliphatic heterocycles. The molecule has 1 aliphatic rings. The zero-order valence-corrected chi connectivity index (χ0v) is 5.05. The Morgan fingerprint density at radius 2 is 1.75 bits per heavy atom. The molecule has 1 aliphatic carbocycles. The van der Waals surface area contributed by atoms with Gasteiger partial charge in [-0.25, -0.2) is 8.78 Å². The number of halogens is 3. The Labute approximate surface area is 52.7 Å². The summed E-state index contributed by atoms with van der Waals surface area (Å²) >= 11 is 0. The van der Waals surface area contributed by atoms with E-state index in [1.807, 2.05) is 0 Å². The third-order valence-corrected chi connectivity index (χ3v) is 1.26. The summed E-state index contributed by atoms with van der Waals surface area (Å²) in [6, 6.07) is 0. The van der Waals surface area contributed by atoms with Crippen molar-refractivity contribution in [2.24, 2.45) is 5.73 Å². The van der Waals surface area contributed by atoms with Crippen molar-refractivity contribution < 1.29 is 8.78 Å². The molecule has 0 unspecified atom stereocenters. The average molecular weight is 144 g/mol. The van der Waals surface area contributed by atoms with Gasteiger partial charge in [-0.15, -0.1) is 12.4 Å². The first-order valence-corrected chi connectivity index (χ1v) is 2.22. The summed E-state index contributed by atoms with van der Waals surface area (Å²) in [6.45, 7) is 0. The lowest BCUT2D eigenvalue weighted by Crippen LogP contribution is -2.30. The van der Waals surface area contributed by atoms with Crippen molar-refractivity contribution in [3.8, 4) is 0 Å².